The van der Waals surface area contributed by atoms with E-state index in [-0.39, 0.29) is 11.8 Å². The molecule has 0 aliphatic carbocycles. The molecule has 2 unspecified atom stereocenters. The van der Waals surface area contributed by atoms with Gasteiger partial charge in [0.2, 0.25) is 11.8 Å². The number of hydrogen-bond acceptors (Lipinski definition) is 4. The predicted molar refractivity (Wildman–Crippen MR) is 104 cm³/mol. The molecule has 3 heterocycles. The Morgan fingerprint density at radius 1 is 1.19 bits per heavy atom. The van der Waals surface area contributed by atoms with Gasteiger partial charge in [-0.1, -0.05) is 12.1 Å². The van der Waals surface area contributed by atoms with Gasteiger partial charge >= 0.3 is 0 Å². The highest BCUT2D eigenvalue weighted by Gasteiger charge is 2.36. The Bertz CT molecular complexity index is 683. The van der Waals surface area contributed by atoms with Crippen LogP contribution in [0.4, 0.5) is 5.69 Å². The smallest absolute Gasteiger partial charge is 0.227 e. The van der Waals surface area contributed by atoms with Crippen molar-refractivity contribution in [3.05, 3.63) is 24.3 Å². The van der Waals surface area contributed by atoms with Crippen molar-refractivity contribution < 1.29 is 9.59 Å². The van der Waals surface area contributed by atoms with Crippen LogP contribution < -0.4 is 10.2 Å². The molecule has 2 bridgehead atoms. The van der Waals surface area contributed by atoms with E-state index in [9.17, 15) is 9.59 Å². The molecule has 6 heteroatoms. The second kappa shape index (κ2) is 7.61. The van der Waals surface area contributed by atoms with Crippen LogP contribution in [0.1, 0.15) is 38.5 Å². The molecule has 2 atom stereocenters. The van der Waals surface area contributed by atoms with Gasteiger partial charge in [-0.05, 0) is 37.8 Å². The van der Waals surface area contributed by atoms with E-state index in [2.05, 4.69) is 11.4 Å². The van der Waals surface area contributed by atoms with Crippen molar-refractivity contribution >= 4 is 29.3 Å². The van der Waals surface area contributed by atoms with E-state index in [1.807, 2.05) is 35.0 Å². The van der Waals surface area contributed by atoms with Gasteiger partial charge in [0.05, 0.1) is 5.69 Å². The lowest BCUT2D eigenvalue weighted by Gasteiger charge is -2.35. The quantitative estimate of drug-likeness (QED) is 0.882. The standard InChI is InChI=1S/C20H27N3O2S/c1-22(16-12-14-6-7-15(13-16)21-14)19(24)8-9-20(25)23-10-11-26-18-5-3-2-4-17(18)23/h2-5,14-16,21H,6-13H2,1H3. The van der Waals surface area contributed by atoms with Gasteiger partial charge in [0, 0.05) is 55.2 Å². The van der Waals surface area contributed by atoms with Crippen LogP contribution in [0.3, 0.4) is 0 Å². The minimum atomic E-state index is 0.0601. The number of carbonyl (C=O) groups excluding carboxylic acids is 2. The zero-order chi connectivity index (χ0) is 18.1. The average molecular weight is 374 g/mol. The number of amides is 2. The second-order valence-electron chi connectivity index (χ2n) is 7.63. The van der Waals surface area contributed by atoms with Gasteiger partial charge in [-0.15, -0.1) is 11.8 Å². The van der Waals surface area contributed by atoms with Crippen molar-refractivity contribution in [3.63, 3.8) is 0 Å². The second-order valence-corrected chi connectivity index (χ2v) is 8.77. The van der Waals surface area contributed by atoms with Crippen LogP contribution in [0.15, 0.2) is 29.2 Å². The maximum atomic E-state index is 12.7. The number of fused-ring (bicyclic) bond motifs is 3. The number of benzene rings is 1. The summed E-state index contributed by atoms with van der Waals surface area (Å²) in [6.45, 7) is 0.724. The van der Waals surface area contributed by atoms with Crippen LogP contribution in [-0.4, -0.2) is 54.2 Å². The highest BCUT2D eigenvalue weighted by molar-refractivity contribution is 7.99. The van der Waals surface area contributed by atoms with Gasteiger partial charge in [-0.25, -0.2) is 0 Å². The summed E-state index contributed by atoms with van der Waals surface area (Å²) < 4.78 is 0. The molecule has 0 radical (unpaired) electrons. The summed E-state index contributed by atoms with van der Waals surface area (Å²) in [7, 11) is 1.91. The van der Waals surface area contributed by atoms with E-state index < -0.39 is 0 Å². The van der Waals surface area contributed by atoms with E-state index >= 15 is 0 Å². The predicted octanol–water partition coefficient (Wildman–Crippen LogP) is 2.65. The molecule has 1 N–H and O–H groups in total. The first-order valence-corrected chi connectivity index (χ1v) is 10.6. The fraction of sp³-hybridized carbons (Fsp3) is 0.600. The molecule has 2 saturated heterocycles. The molecule has 3 aliphatic heterocycles. The zero-order valence-corrected chi connectivity index (χ0v) is 16.1. The summed E-state index contributed by atoms with van der Waals surface area (Å²) in [6, 6.07) is 9.49. The third-order valence-corrected chi connectivity index (χ3v) is 7.01. The molecule has 2 fully saturated rings. The molecule has 26 heavy (non-hydrogen) atoms. The number of anilines is 1. The zero-order valence-electron chi connectivity index (χ0n) is 15.3. The normalized spacial score (nSPS) is 27.1. The van der Waals surface area contributed by atoms with Crippen LogP contribution in [-0.2, 0) is 9.59 Å². The maximum Gasteiger partial charge on any atom is 0.227 e. The van der Waals surface area contributed by atoms with Gasteiger partial charge in [0.15, 0.2) is 0 Å². The molecule has 1 aromatic rings. The Morgan fingerprint density at radius 2 is 1.92 bits per heavy atom. The molecular formula is C20H27N3O2S. The van der Waals surface area contributed by atoms with E-state index in [1.165, 1.54) is 12.8 Å². The maximum absolute atomic E-state index is 12.7. The van der Waals surface area contributed by atoms with E-state index in [4.69, 9.17) is 0 Å². The van der Waals surface area contributed by atoms with Crippen molar-refractivity contribution in [3.8, 4) is 0 Å². The first-order valence-electron chi connectivity index (χ1n) is 9.65. The number of carbonyl (C=O) groups is 2. The number of thioether (sulfide) groups is 1. The average Bonchev–Trinajstić information content (AvgIpc) is 3.02. The summed E-state index contributed by atoms with van der Waals surface area (Å²) in [5.74, 6) is 1.07. The number of hydrogen-bond donors (Lipinski definition) is 1. The van der Waals surface area contributed by atoms with Crippen molar-refractivity contribution in [1.29, 1.82) is 0 Å². The largest absolute Gasteiger partial charge is 0.343 e. The van der Waals surface area contributed by atoms with E-state index in [0.29, 0.717) is 31.0 Å². The van der Waals surface area contributed by atoms with Crippen molar-refractivity contribution in [1.82, 2.24) is 10.2 Å². The summed E-state index contributed by atoms with van der Waals surface area (Å²) in [5, 5.41) is 3.62. The lowest BCUT2D eigenvalue weighted by molar-refractivity contribution is -0.134. The number of nitrogens with one attached hydrogen (secondary N) is 1. The molecule has 140 valence electrons. The molecular weight excluding hydrogens is 346 g/mol. The summed E-state index contributed by atoms with van der Waals surface area (Å²) in [6.07, 6.45) is 5.15. The molecule has 3 aliphatic rings. The highest BCUT2D eigenvalue weighted by atomic mass is 32.2. The number of para-hydroxylation sites is 1. The molecule has 4 rings (SSSR count). The minimum absolute atomic E-state index is 0.0601. The Labute approximate surface area is 159 Å². The number of rotatable bonds is 4. The highest BCUT2D eigenvalue weighted by Crippen LogP contribution is 2.35. The van der Waals surface area contributed by atoms with Crippen LogP contribution in [0.5, 0.6) is 0 Å². The monoisotopic (exact) mass is 373 g/mol. The fourth-order valence-corrected chi connectivity index (χ4v) is 5.50. The first kappa shape index (κ1) is 17.9. The molecule has 0 spiro atoms. The van der Waals surface area contributed by atoms with Crippen LogP contribution in [0, 0.1) is 0 Å². The fourth-order valence-electron chi connectivity index (χ4n) is 4.50. The topological polar surface area (TPSA) is 52.7 Å². The minimum Gasteiger partial charge on any atom is -0.343 e. The summed E-state index contributed by atoms with van der Waals surface area (Å²) >= 11 is 1.79. The van der Waals surface area contributed by atoms with Gasteiger partial charge in [-0.3, -0.25) is 9.59 Å². The molecule has 5 nitrogen and oxygen atoms in total. The number of piperidine rings is 1. The van der Waals surface area contributed by atoms with E-state index in [1.54, 1.807) is 11.8 Å². The Balaban J connectivity index is 1.32. The first-order chi connectivity index (χ1) is 12.6. The molecule has 1 aromatic carbocycles. The van der Waals surface area contributed by atoms with Gasteiger partial charge in [0.25, 0.3) is 0 Å². The van der Waals surface area contributed by atoms with Gasteiger partial charge in [0.1, 0.15) is 0 Å². The molecule has 0 saturated carbocycles. The summed E-state index contributed by atoms with van der Waals surface area (Å²) in [5.41, 5.74) is 0.990. The van der Waals surface area contributed by atoms with Gasteiger partial charge < -0.3 is 15.1 Å². The lowest BCUT2D eigenvalue weighted by Crippen LogP contribution is -2.48. The Hall–Kier alpha value is -1.53. The van der Waals surface area contributed by atoms with E-state index in [0.717, 1.165) is 35.7 Å². The Kier molecular flexibility index (Phi) is 5.23. The van der Waals surface area contributed by atoms with Gasteiger partial charge in [-0.2, -0.15) is 0 Å². The van der Waals surface area contributed by atoms with Crippen LogP contribution in [0.25, 0.3) is 0 Å². The third kappa shape index (κ3) is 3.62. The van der Waals surface area contributed by atoms with Crippen molar-refractivity contribution in [2.75, 3.05) is 24.2 Å². The summed E-state index contributed by atoms with van der Waals surface area (Å²) in [4.78, 5) is 30.3. The van der Waals surface area contributed by atoms with Crippen LogP contribution in [0.2, 0.25) is 0 Å². The van der Waals surface area contributed by atoms with Crippen LogP contribution >= 0.6 is 11.8 Å². The third-order valence-electron chi connectivity index (χ3n) is 5.97. The lowest BCUT2D eigenvalue weighted by atomic mass is 9.98. The SMILES string of the molecule is CN(C(=O)CCC(=O)N1CCSc2ccccc21)C1CC2CCC(C1)N2. The molecule has 0 aromatic heterocycles. The number of nitrogens with zero attached hydrogens (tertiary/aromatic N) is 2. The Morgan fingerprint density at radius 3 is 2.69 bits per heavy atom. The van der Waals surface area contributed by atoms with Crippen molar-refractivity contribution in [2.45, 2.75) is 61.5 Å². The van der Waals surface area contributed by atoms with Crippen molar-refractivity contribution in [2.24, 2.45) is 0 Å². The molecule has 2 amide bonds.